The first-order chi connectivity index (χ1) is 32.5. The monoisotopic (exact) mass is 1020 g/mol. The fourth-order valence-corrected chi connectivity index (χ4v) is 10.7. The van der Waals surface area contributed by atoms with E-state index in [0.29, 0.717) is 70.7 Å². The molecule has 1 amide bonds. The number of hydrogen-bond donors (Lipinski definition) is 9. The number of carbonyl (C=O) groups is 2. The molecule has 9 N–H and O–H groups in total. The van der Waals surface area contributed by atoms with Gasteiger partial charge in [-0.05, 0) is 54.8 Å². The number of carboxylic acids is 1. The van der Waals surface area contributed by atoms with E-state index in [0.717, 1.165) is 23.9 Å². The maximum atomic E-state index is 13.5. The van der Waals surface area contributed by atoms with Gasteiger partial charge in [0.05, 0.1) is 24.6 Å². The van der Waals surface area contributed by atoms with E-state index in [-0.39, 0.29) is 22.6 Å². The predicted molar refractivity (Wildman–Crippen MR) is 247 cm³/mol. The number of nitrogens with one attached hydrogen (secondary N) is 2. The number of aliphatic hydroxyl groups is 2. The summed E-state index contributed by atoms with van der Waals surface area (Å²) in [6, 6.07) is 16.0. The van der Waals surface area contributed by atoms with Gasteiger partial charge < -0.3 is 59.6 Å². The number of phosphoric acid groups is 3. The Kier molecular flexibility index (Phi) is 15.5. The molecule has 0 spiro atoms. The molecule has 28 heteroatoms. The molecule has 25 nitrogen and oxygen atoms in total. The molecule has 69 heavy (non-hydrogen) atoms. The van der Waals surface area contributed by atoms with Crippen molar-refractivity contribution in [2.24, 2.45) is 0 Å². The minimum absolute atomic E-state index is 0.0342. The maximum absolute atomic E-state index is 13.5. The average Bonchev–Trinajstić information content (AvgIpc) is 3.83. The quantitative estimate of drug-likeness (QED) is 0.0229. The number of carboxylic acid groups (broad SMARTS) is 1. The van der Waals surface area contributed by atoms with Gasteiger partial charge in [0.1, 0.15) is 50.1 Å². The summed E-state index contributed by atoms with van der Waals surface area (Å²) in [7, 11) is -9.27. The van der Waals surface area contributed by atoms with E-state index < -0.39 is 60.6 Å². The van der Waals surface area contributed by atoms with Crippen LogP contribution in [0, 0.1) is 0 Å². The number of imidazole rings is 1. The Balaban J connectivity index is 0.932. The zero-order valence-corrected chi connectivity index (χ0v) is 40.0. The molecule has 1 fully saturated rings. The number of carbonyl (C=O) groups excluding carboxylic acids is 1. The van der Waals surface area contributed by atoms with Crippen molar-refractivity contribution in [3.63, 3.8) is 0 Å². The number of ether oxygens (including phenoxy) is 1. The number of rotatable bonds is 20. The molecular weight excluding hydrogens is 969 g/mol. The Labute approximate surface area is 392 Å². The normalized spacial score (nSPS) is 19.1. The van der Waals surface area contributed by atoms with E-state index >= 15 is 0 Å². The Bertz CT molecular complexity index is 3080. The summed E-state index contributed by atoms with van der Waals surface area (Å²) < 4.78 is 61.9. The average molecular weight is 1020 g/mol. The van der Waals surface area contributed by atoms with Crippen molar-refractivity contribution in [1.82, 2.24) is 29.4 Å². The van der Waals surface area contributed by atoms with Crippen molar-refractivity contribution in [2.45, 2.75) is 50.2 Å². The van der Waals surface area contributed by atoms with Crippen LogP contribution >= 0.6 is 23.5 Å². The van der Waals surface area contributed by atoms with E-state index in [1.165, 1.54) is 29.4 Å². The summed E-state index contributed by atoms with van der Waals surface area (Å²) in [6.45, 7) is -0.163. The lowest BCUT2D eigenvalue weighted by atomic mass is 9.89. The number of anilines is 2. The summed E-state index contributed by atoms with van der Waals surface area (Å²) in [5.74, 6) is -0.597. The summed E-state index contributed by atoms with van der Waals surface area (Å²) in [5.41, 5.74) is 3.93. The topological polar surface area (TPSA) is 351 Å². The highest BCUT2D eigenvalue weighted by molar-refractivity contribution is 7.66. The molecule has 0 saturated carbocycles. The number of benzene rings is 3. The largest absolute Gasteiger partial charge is 0.490 e. The molecule has 1 aliphatic carbocycles. The van der Waals surface area contributed by atoms with Crippen molar-refractivity contribution in [1.29, 1.82) is 0 Å². The van der Waals surface area contributed by atoms with Gasteiger partial charge >= 0.3 is 29.4 Å². The van der Waals surface area contributed by atoms with Crippen LogP contribution in [0.15, 0.2) is 71.7 Å². The molecule has 2 unspecified atom stereocenters. The molecule has 6 atom stereocenters. The number of amides is 1. The minimum atomic E-state index is -5.78. The Hall–Kier alpha value is -5.49. The van der Waals surface area contributed by atoms with Gasteiger partial charge in [-0.1, -0.05) is 12.8 Å². The van der Waals surface area contributed by atoms with Crippen molar-refractivity contribution in [3.05, 3.63) is 83.7 Å². The third kappa shape index (κ3) is 12.1. The van der Waals surface area contributed by atoms with Gasteiger partial charge in [0, 0.05) is 67.1 Å². The van der Waals surface area contributed by atoms with Gasteiger partial charge in [0.2, 0.25) is 5.36 Å². The Morgan fingerprint density at radius 1 is 0.855 bits per heavy atom. The van der Waals surface area contributed by atoms with E-state index in [2.05, 4.69) is 38.7 Å². The molecule has 4 aromatic rings. The molecule has 0 bridgehead atoms. The van der Waals surface area contributed by atoms with Crippen LogP contribution in [0.3, 0.4) is 0 Å². The van der Waals surface area contributed by atoms with Crippen LogP contribution in [-0.4, -0.2) is 132 Å². The van der Waals surface area contributed by atoms with Crippen LogP contribution in [0.2, 0.25) is 0 Å². The third-order valence-corrected chi connectivity index (χ3v) is 14.8. The predicted octanol–water partition coefficient (Wildman–Crippen LogP) is 3.51. The van der Waals surface area contributed by atoms with E-state index in [1.807, 2.05) is 74.1 Å². The summed E-state index contributed by atoms with van der Waals surface area (Å²) in [6.07, 6.45) is -0.898. The summed E-state index contributed by atoms with van der Waals surface area (Å²) in [5, 5.41) is 39.4. The van der Waals surface area contributed by atoms with Gasteiger partial charge in [-0.3, -0.25) is 13.9 Å². The number of aliphatic hydroxyl groups excluding tert-OH is 2. The first-order valence-electron chi connectivity index (χ1n) is 21.1. The lowest BCUT2D eigenvalue weighted by Gasteiger charge is -2.19. The van der Waals surface area contributed by atoms with Gasteiger partial charge in [-0.25, -0.2) is 38.0 Å². The second-order valence-corrected chi connectivity index (χ2v) is 20.7. The number of phosphoric ester groups is 1. The number of hydrogen-bond acceptors (Lipinski definition) is 17. The molecule has 1 saturated heterocycles. The zero-order valence-electron chi connectivity index (χ0n) is 37.3. The number of fused-ring (bicyclic) bond motifs is 3. The highest BCUT2D eigenvalue weighted by Gasteiger charge is 2.47. The standard InChI is InChI=1S/C41H49N8O17P3/c1-47(2)24-10-13-27-30(18-24)63-31-19-25(48(3)4)11-14-28(31)33(27)29-17-23(9-12-26(29)41(53)54)39(52)43-16-8-6-5-7-15-42-37-34-38(45-21-44-37)49(22-46-34)40-36(51)35(50)32(64-40)20-62-68(58,59)66-69(60,61)65-67(55,56)57/h9-14,17-19,21-22,32,35-36,40,50-51H,5-8,15-16,20H2,1-4H3,(H6-,42,43,44,45,52,53,54,55,56,57,58,59,60,61)/p+1/t32-,35-,36-,40-/m1/s1. The van der Waals surface area contributed by atoms with Gasteiger partial charge in [0.25, 0.3) is 5.91 Å². The van der Waals surface area contributed by atoms with Crippen LogP contribution in [-0.2, 0) is 31.6 Å². The minimum Gasteiger partial charge on any atom is -0.478 e. The van der Waals surface area contributed by atoms with Crippen molar-refractivity contribution in [3.8, 4) is 22.5 Å². The lowest BCUT2D eigenvalue weighted by molar-refractivity contribution is -0.0503. The van der Waals surface area contributed by atoms with Gasteiger partial charge in [-0.2, -0.15) is 8.62 Å². The molecule has 4 heterocycles. The SMILES string of the molecule is CN(C)c1ccc2c(-c3cc(C(=O)NCCCCCCNc4ncnc5c4ncn5[C@@H]4O[C@H](COP(=O)(O)OP(=O)(O)OP(=O)(O)O)[C@@H](O)[C@H]4O)ccc3C(=O)O)c3ccc(=[N+](C)C)cc-3oc2c1. The first-order valence-corrected chi connectivity index (χ1v) is 25.6. The number of aromatic nitrogens is 4. The zero-order chi connectivity index (χ0) is 50.0. The van der Waals surface area contributed by atoms with Gasteiger partial charge in [0.15, 0.2) is 23.2 Å². The molecule has 0 radical (unpaired) electrons. The lowest BCUT2D eigenvalue weighted by Crippen LogP contribution is -2.33. The van der Waals surface area contributed by atoms with E-state index in [1.54, 1.807) is 6.07 Å². The number of nitrogens with zero attached hydrogens (tertiary/aromatic N) is 6. The smallest absolute Gasteiger partial charge is 0.478 e. The van der Waals surface area contributed by atoms with Crippen LogP contribution in [0.25, 0.3) is 44.6 Å². The van der Waals surface area contributed by atoms with Crippen LogP contribution in [0.4, 0.5) is 11.5 Å². The van der Waals surface area contributed by atoms with Crippen LogP contribution in [0.5, 0.6) is 0 Å². The van der Waals surface area contributed by atoms with Crippen molar-refractivity contribution in [2.75, 3.05) is 58.1 Å². The first kappa shape index (κ1) is 51.4. The second-order valence-electron chi connectivity index (χ2n) is 16.3. The van der Waals surface area contributed by atoms with Crippen molar-refractivity contribution < 1.29 is 80.5 Å². The highest BCUT2D eigenvalue weighted by atomic mass is 31.3. The maximum Gasteiger partial charge on any atom is 0.490 e. The molecule has 370 valence electrons. The molecule has 2 aromatic heterocycles. The molecule has 2 aromatic carbocycles. The fraction of sp³-hybridized carbons (Fsp3) is 0.366. The molecular formula is C41H50N8O17P3+. The van der Waals surface area contributed by atoms with Crippen LogP contribution in [0.1, 0.15) is 52.6 Å². The van der Waals surface area contributed by atoms with Gasteiger partial charge in [-0.15, -0.1) is 0 Å². The Morgan fingerprint density at radius 3 is 2.29 bits per heavy atom. The summed E-state index contributed by atoms with van der Waals surface area (Å²) in [4.78, 5) is 77.5. The highest BCUT2D eigenvalue weighted by Crippen LogP contribution is 2.66. The molecule has 7 rings (SSSR count). The number of unbranched alkanes of at least 4 members (excludes halogenated alkanes) is 3. The third-order valence-electron chi connectivity index (χ3n) is 11.0. The molecule has 3 aliphatic rings. The summed E-state index contributed by atoms with van der Waals surface area (Å²) >= 11 is 0. The molecule has 2 aliphatic heterocycles. The fourth-order valence-electron chi connectivity index (χ4n) is 7.64. The van der Waals surface area contributed by atoms with E-state index in [9.17, 15) is 48.4 Å². The van der Waals surface area contributed by atoms with Crippen LogP contribution < -0.4 is 25.5 Å². The number of aromatic carboxylic acids is 1. The Morgan fingerprint density at radius 2 is 1.59 bits per heavy atom. The second kappa shape index (κ2) is 20.8. The van der Waals surface area contributed by atoms with Crippen molar-refractivity contribution >= 4 is 69.0 Å². The van der Waals surface area contributed by atoms with E-state index in [4.69, 9.17) is 18.9 Å².